The van der Waals surface area contributed by atoms with Crippen molar-refractivity contribution in [2.45, 2.75) is 13.8 Å². The first kappa shape index (κ1) is 14.9. The van der Waals surface area contributed by atoms with Crippen molar-refractivity contribution in [3.05, 3.63) is 17.3 Å². The van der Waals surface area contributed by atoms with Crippen LogP contribution in [0.1, 0.15) is 13.8 Å². The number of carbonyl (C=O) groups is 1. The van der Waals surface area contributed by atoms with Crippen molar-refractivity contribution in [2.24, 2.45) is 5.92 Å². The van der Waals surface area contributed by atoms with Crippen LogP contribution in [0.15, 0.2) is 12.3 Å². The molecular weight excluding hydrogens is 278 g/mol. The van der Waals surface area contributed by atoms with Gasteiger partial charge in [-0.25, -0.2) is 4.98 Å². The Morgan fingerprint density at radius 1 is 1.35 bits per heavy atom. The van der Waals surface area contributed by atoms with E-state index in [2.05, 4.69) is 9.88 Å². The molecule has 0 spiro atoms. The van der Waals surface area contributed by atoms with Gasteiger partial charge in [-0.3, -0.25) is 4.79 Å². The van der Waals surface area contributed by atoms with Gasteiger partial charge in [0.25, 0.3) is 0 Å². The molecule has 2 rings (SSSR count). The zero-order valence-corrected chi connectivity index (χ0v) is 12.9. The Morgan fingerprint density at radius 2 is 2.00 bits per heavy atom. The van der Waals surface area contributed by atoms with Crippen LogP contribution in [0.4, 0.5) is 5.82 Å². The van der Waals surface area contributed by atoms with E-state index in [1.54, 1.807) is 19.4 Å². The highest BCUT2D eigenvalue weighted by atomic mass is 35.5. The van der Waals surface area contributed by atoms with E-state index < -0.39 is 0 Å². The zero-order chi connectivity index (χ0) is 14.7. The summed E-state index contributed by atoms with van der Waals surface area (Å²) in [6, 6.07) is 1.76. The van der Waals surface area contributed by atoms with Crippen molar-refractivity contribution >= 4 is 23.3 Å². The predicted molar refractivity (Wildman–Crippen MR) is 79.4 cm³/mol. The number of methoxy groups -OCH3 is 1. The third kappa shape index (κ3) is 3.15. The minimum absolute atomic E-state index is 0.0461. The average molecular weight is 298 g/mol. The number of halogens is 1. The molecule has 1 fully saturated rings. The fourth-order valence-electron chi connectivity index (χ4n) is 2.30. The second-order valence-corrected chi connectivity index (χ2v) is 5.58. The Morgan fingerprint density at radius 3 is 2.55 bits per heavy atom. The van der Waals surface area contributed by atoms with E-state index in [0.29, 0.717) is 23.9 Å². The van der Waals surface area contributed by atoms with E-state index in [0.717, 1.165) is 18.9 Å². The number of anilines is 1. The lowest BCUT2D eigenvalue weighted by Crippen LogP contribution is -2.50. The molecule has 0 aliphatic carbocycles. The summed E-state index contributed by atoms with van der Waals surface area (Å²) in [5.74, 6) is 1.71. The summed E-state index contributed by atoms with van der Waals surface area (Å²) in [5, 5.41) is 0.555. The summed E-state index contributed by atoms with van der Waals surface area (Å²) in [5.41, 5.74) is 0. The van der Waals surface area contributed by atoms with Gasteiger partial charge in [-0.05, 0) is 0 Å². The molecule has 0 atom stereocenters. The number of ether oxygens (including phenoxy) is 1. The van der Waals surface area contributed by atoms with Gasteiger partial charge in [-0.1, -0.05) is 25.4 Å². The lowest BCUT2D eigenvalue weighted by molar-refractivity contribution is -0.134. The smallest absolute Gasteiger partial charge is 0.225 e. The quantitative estimate of drug-likeness (QED) is 0.856. The van der Waals surface area contributed by atoms with Crippen LogP contribution in [0.2, 0.25) is 5.02 Å². The molecule has 0 radical (unpaired) electrons. The molecule has 1 aromatic heterocycles. The monoisotopic (exact) mass is 297 g/mol. The van der Waals surface area contributed by atoms with Gasteiger partial charge in [0.2, 0.25) is 5.91 Å². The predicted octanol–water partition coefficient (Wildman–Crippen LogP) is 2.05. The van der Waals surface area contributed by atoms with Crippen LogP contribution in [0.5, 0.6) is 5.75 Å². The first-order valence-electron chi connectivity index (χ1n) is 6.76. The van der Waals surface area contributed by atoms with Crippen molar-refractivity contribution < 1.29 is 9.53 Å². The fraction of sp³-hybridized carbons (Fsp3) is 0.571. The summed E-state index contributed by atoms with van der Waals surface area (Å²) in [7, 11) is 1.61. The highest BCUT2D eigenvalue weighted by Crippen LogP contribution is 2.29. The van der Waals surface area contributed by atoms with Crippen LogP contribution in [-0.4, -0.2) is 49.1 Å². The highest BCUT2D eigenvalue weighted by Gasteiger charge is 2.25. The number of hydrogen-bond acceptors (Lipinski definition) is 4. The summed E-state index contributed by atoms with van der Waals surface area (Å²) >= 11 is 5.92. The lowest BCUT2D eigenvalue weighted by Gasteiger charge is -2.36. The first-order valence-corrected chi connectivity index (χ1v) is 7.14. The lowest BCUT2D eigenvalue weighted by atomic mass is 10.1. The molecule has 20 heavy (non-hydrogen) atoms. The van der Waals surface area contributed by atoms with E-state index in [1.807, 2.05) is 18.7 Å². The number of aromatic nitrogens is 1. The van der Waals surface area contributed by atoms with Gasteiger partial charge in [0.15, 0.2) is 11.6 Å². The van der Waals surface area contributed by atoms with Gasteiger partial charge < -0.3 is 14.5 Å². The largest absolute Gasteiger partial charge is 0.493 e. The minimum atomic E-state index is 0.0461. The molecule has 6 heteroatoms. The van der Waals surface area contributed by atoms with E-state index in [-0.39, 0.29) is 11.8 Å². The first-order chi connectivity index (χ1) is 9.52. The highest BCUT2D eigenvalue weighted by molar-refractivity contribution is 6.30. The number of hydrogen-bond donors (Lipinski definition) is 0. The van der Waals surface area contributed by atoms with Crippen molar-refractivity contribution in [1.82, 2.24) is 9.88 Å². The molecule has 0 unspecified atom stereocenters. The molecule has 0 saturated carbocycles. The van der Waals surface area contributed by atoms with Crippen LogP contribution in [0, 0.1) is 5.92 Å². The summed E-state index contributed by atoms with van der Waals surface area (Å²) in [6.07, 6.45) is 1.62. The number of amides is 1. The van der Waals surface area contributed by atoms with Crippen molar-refractivity contribution in [3.8, 4) is 5.75 Å². The second-order valence-electron chi connectivity index (χ2n) is 5.15. The van der Waals surface area contributed by atoms with Crippen LogP contribution in [-0.2, 0) is 4.79 Å². The second kappa shape index (κ2) is 6.31. The van der Waals surface area contributed by atoms with Gasteiger partial charge in [-0.15, -0.1) is 0 Å². The molecule has 0 N–H and O–H groups in total. The van der Waals surface area contributed by atoms with Gasteiger partial charge in [-0.2, -0.15) is 0 Å². The maximum Gasteiger partial charge on any atom is 0.225 e. The van der Waals surface area contributed by atoms with Gasteiger partial charge in [0, 0.05) is 44.4 Å². The van der Waals surface area contributed by atoms with E-state index in [9.17, 15) is 4.79 Å². The van der Waals surface area contributed by atoms with Gasteiger partial charge >= 0.3 is 0 Å². The fourth-order valence-corrected chi connectivity index (χ4v) is 2.45. The molecule has 1 aromatic rings. The van der Waals surface area contributed by atoms with Gasteiger partial charge in [0.1, 0.15) is 0 Å². The molecule has 1 saturated heterocycles. The standard InChI is InChI=1S/C14H20ClN3O2/c1-10(2)14(19)18-6-4-17(5-7-18)13-12(20-3)8-11(15)9-16-13/h8-10H,4-7H2,1-3H3. The summed E-state index contributed by atoms with van der Waals surface area (Å²) < 4.78 is 5.32. The van der Waals surface area contributed by atoms with Crippen LogP contribution < -0.4 is 9.64 Å². The molecule has 2 heterocycles. The maximum absolute atomic E-state index is 12.0. The number of piperazine rings is 1. The molecular formula is C14H20ClN3O2. The van der Waals surface area contributed by atoms with Crippen molar-refractivity contribution in [3.63, 3.8) is 0 Å². The van der Waals surface area contributed by atoms with Crippen LogP contribution in [0.3, 0.4) is 0 Å². The van der Waals surface area contributed by atoms with E-state index in [4.69, 9.17) is 16.3 Å². The summed E-state index contributed by atoms with van der Waals surface area (Å²) in [6.45, 7) is 6.79. The van der Waals surface area contributed by atoms with E-state index in [1.165, 1.54) is 0 Å². The Labute approximate surface area is 124 Å². The Hall–Kier alpha value is -1.49. The Balaban J connectivity index is 2.06. The van der Waals surface area contributed by atoms with Crippen LogP contribution >= 0.6 is 11.6 Å². The Bertz CT molecular complexity index is 485. The number of pyridine rings is 1. The molecule has 0 bridgehead atoms. The maximum atomic E-state index is 12.0. The van der Waals surface area contributed by atoms with E-state index >= 15 is 0 Å². The number of nitrogens with zero attached hydrogens (tertiary/aromatic N) is 3. The molecule has 1 amide bonds. The minimum Gasteiger partial charge on any atom is -0.493 e. The average Bonchev–Trinajstić information content (AvgIpc) is 2.46. The van der Waals surface area contributed by atoms with Crippen LogP contribution in [0.25, 0.3) is 0 Å². The number of rotatable bonds is 3. The van der Waals surface area contributed by atoms with Gasteiger partial charge in [0.05, 0.1) is 12.1 Å². The van der Waals surface area contributed by atoms with Crippen molar-refractivity contribution in [2.75, 3.05) is 38.2 Å². The topological polar surface area (TPSA) is 45.7 Å². The molecule has 1 aliphatic rings. The van der Waals surface area contributed by atoms with Crippen molar-refractivity contribution in [1.29, 1.82) is 0 Å². The SMILES string of the molecule is COc1cc(Cl)cnc1N1CCN(C(=O)C(C)C)CC1. The molecule has 110 valence electrons. The molecule has 0 aromatic carbocycles. The molecule has 5 nitrogen and oxygen atoms in total. The Kier molecular flexibility index (Phi) is 4.70. The normalized spacial score (nSPS) is 15.7. The number of carbonyl (C=O) groups excluding carboxylic acids is 1. The summed E-state index contributed by atoms with van der Waals surface area (Å²) in [4.78, 5) is 20.3. The molecule has 1 aliphatic heterocycles. The third-order valence-corrected chi connectivity index (χ3v) is 3.61. The zero-order valence-electron chi connectivity index (χ0n) is 12.1. The third-order valence-electron chi connectivity index (χ3n) is 3.40.